The number of nitrogens with zero attached hydrogens (tertiary/aromatic N) is 2. The smallest absolute Gasteiger partial charge is 0.264 e. The predicted octanol–water partition coefficient (Wildman–Crippen LogP) is 2.14. The molecule has 0 aromatic heterocycles. The van der Waals surface area contributed by atoms with Crippen molar-refractivity contribution in [1.29, 1.82) is 0 Å². The maximum atomic E-state index is 13.8. The number of rotatable bonds is 6. The zero-order valence-corrected chi connectivity index (χ0v) is 18.8. The van der Waals surface area contributed by atoms with E-state index in [0.717, 1.165) is 16.9 Å². The number of anilines is 2. The maximum Gasteiger partial charge on any atom is 0.264 e. The fourth-order valence-electron chi connectivity index (χ4n) is 5.53. The summed E-state index contributed by atoms with van der Waals surface area (Å²) in [5.41, 5.74) is 0.808. The molecule has 1 spiro atoms. The average Bonchev–Trinajstić information content (AvgIpc) is 3.09. The molecule has 30 heavy (non-hydrogen) atoms. The number of carbonyl (C=O) groups is 2. The Hall–Kier alpha value is -2.00. The highest BCUT2D eigenvalue weighted by atomic mass is 28.4. The summed E-state index contributed by atoms with van der Waals surface area (Å²) in [6.45, 7) is 10.4. The van der Waals surface area contributed by atoms with Crippen molar-refractivity contribution in [3.05, 3.63) is 36.4 Å². The van der Waals surface area contributed by atoms with Crippen LogP contribution in [-0.4, -0.2) is 55.8 Å². The van der Waals surface area contributed by atoms with Crippen LogP contribution in [0.3, 0.4) is 0 Å². The minimum Gasteiger partial charge on any atom is -0.432 e. The van der Waals surface area contributed by atoms with Gasteiger partial charge in [-0.15, -0.1) is 6.58 Å². The fourth-order valence-corrected chi connectivity index (χ4v) is 8.13. The van der Waals surface area contributed by atoms with E-state index in [-0.39, 0.29) is 29.9 Å². The lowest BCUT2D eigenvalue weighted by molar-refractivity contribution is -0.146. The largest absolute Gasteiger partial charge is 0.432 e. The first-order valence-electron chi connectivity index (χ1n) is 10.6. The molecule has 2 amide bonds. The highest BCUT2D eigenvalue weighted by Gasteiger charge is 2.66. The monoisotopic (exact) mass is 430 g/mol. The van der Waals surface area contributed by atoms with Gasteiger partial charge in [0.25, 0.3) is 5.91 Å². The number of β-lactam (4-membered cyclic amide) rings is 1. The van der Waals surface area contributed by atoms with E-state index in [4.69, 9.17) is 4.74 Å². The topological polar surface area (TPSA) is 90.3 Å². The summed E-state index contributed by atoms with van der Waals surface area (Å²) in [6, 6.07) is 5.64. The van der Waals surface area contributed by atoms with Crippen LogP contribution in [0.25, 0.3) is 0 Å². The van der Waals surface area contributed by atoms with Gasteiger partial charge in [-0.2, -0.15) is 0 Å². The van der Waals surface area contributed by atoms with Gasteiger partial charge in [-0.05, 0) is 37.7 Å². The van der Waals surface area contributed by atoms with Gasteiger partial charge in [0.15, 0.2) is 13.9 Å². The Morgan fingerprint density at radius 2 is 2.10 bits per heavy atom. The Balaban J connectivity index is 1.87. The molecule has 1 aromatic rings. The summed E-state index contributed by atoms with van der Waals surface area (Å²) in [7, 11) is -2.71. The molecule has 4 atom stereocenters. The van der Waals surface area contributed by atoms with Crippen molar-refractivity contribution in [1.82, 2.24) is 0 Å². The van der Waals surface area contributed by atoms with Crippen LogP contribution >= 0.6 is 0 Å². The van der Waals surface area contributed by atoms with Crippen LogP contribution in [0.1, 0.15) is 25.3 Å². The van der Waals surface area contributed by atoms with E-state index in [1.54, 1.807) is 15.9 Å². The van der Waals surface area contributed by atoms with E-state index in [9.17, 15) is 19.5 Å². The molecule has 7 nitrogen and oxygen atoms in total. The SMILES string of the molecule is C=CCN1C(=O)[C@]2(O[C@H](CCO)[C@@H]([Si](C)(C)O)[C@@H]2C)c2cc(N3CCC3=O)ccc21. The number of ether oxygens (including phenoxy) is 1. The highest BCUT2D eigenvalue weighted by molar-refractivity contribution is 6.71. The molecule has 3 aliphatic heterocycles. The zero-order valence-electron chi connectivity index (χ0n) is 17.8. The first-order chi connectivity index (χ1) is 14.2. The Kier molecular flexibility index (Phi) is 5.17. The van der Waals surface area contributed by atoms with Gasteiger partial charge in [0.05, 0.1) is 11.8 Å². The van der Waals surface area contributed by atoms with Gasteiger partial charge in [-0.1, -0.05) is 13.0 Å². The summed E-state index contributed by atoms with van der Waals surface area (Å²) in [6.07, 6.45) is 2.16. The molecule has 0 aliphatic carbocycles. The summed E-state index contributed by atoms with van der Waals surface area (Å²) in [4.78, 5) is 40.2. The zero-order chi connectivity index (χ0) is 21.8. The molecule has 2 saturated heterocycles. The van der Waals surface area contributed by atoms with Gasteiger partial charge in [-0.3, -0.25) is 9.59 Å². The van der Waals surface area contributed by atoms with E-state index >= 15 is 0 Å². The fraction of sp³-hybridized carbons (Fsp3) is 0.545. The van der Waals surface area contributed by atoms with Crippen molar-refractivity contribution >= 4 is 31.5 Å². The third kappa shape index (κ3) is 2.89. The molecular formula is C22H30N2O5Si. The molecule has 2 N–H and O–H groups in total. The van der Waals surface area contributed by atoms with Crippen molar-refractivity contribution in [3.63, 3.8) is 0 Å². The Morgan fingerprint density at radius 1 is 1.37 bits per heavy atom. The number of fused-ring (bicyclic) bond motifs is 2. The van der Waals surface area contributed by atoms with Crippen molar-refractivity contribution < 1.29 is 24.2 Å². The van der Waals surface area contributed by atoms with E-state index in [2.05, 4.69) is 6.58 Å². The Bertz CT molecular complexity index is 898. The lowest BCUT2D eigenvalue weighted by atomic mass is 9.82. The van der Waals surface area contributed by atoms with E-state index < -0.39 is 20.0 Å². The van der Waals surface area contributed by atoms with Crippen LogP contribution in [0.15, 0.2) is 30.9 Å². The molecule has 8 heteroatoms. The molecule has 0 radical (unpaired) electrons. The van der Waals surface area contributed by atoms with Gasteiger partial charge in [-0.25, -0.2) is 0 Å². The third-order valence-corrected chi connectivity index (χ3v) is 9.36. The second kappa shape index (κ2) is 7.30. The van der Waals surface area contributed by atoms with Gasteiger partial charge < -0.3 is 24.4 Å². The van der Waals surface area contributed by atoms with Crippen molar-refractivity contribution in [3.8, 4) is 0 Å². The van der Waals surface area contributed by atoms with Crippen LogP contribution in [0, 0.1) is 5.92 Å². The summed E-state index contributed by atoms with van der Waals surface area (Å²) in [5, 5.41) is 9.61. The van der Waals surface area contributed by atoms with Gasteiger partial charge >= 0.3 is 0 Å². The number of aliphatic hydroxyl groups is 1. The van der Waals surface area contributed by atoms with E-state index in [1.807, 2.05) is 38.2 Å². The van der Waals surface area contributed by atoms with Gasteiger partial charge in [0, 0.05) is 48.8 Å². The van der Waals surface area contributed by atoms with Crippen LogP contribution in [-0.2, 0) is 19.9 Å². The second-order valence-electron chi connectivity index (χ2n) is 9.07. The number of hydrogen-bond acceptors (Lipinski definition) is 5. The Morgan fingerprint density at radius 3 is 2.63 bits per heavy atom. The summed E-state index contributed by atoms with van der Waals surface area (Å²) >= 11 is 0. The van der Waals surface area contributed by atoms with Crippen molar-refractivity contribution in [2.45, 2.75) is 50.1 Å². The predicted molar refractivity (Wildman–Crippen MR) is 117 cm³/mol. The molecule has 162 valence electrons. The van der Waals surface area contributed by atoms with Crippen molar-refractivity contribution in [2.24, 2.45) is 5.92 Å². The molecule has 3 heterocycles. The number of aliphatic hydroxyl groups excluding tert-OH is 1. The molecule has 0 unspecified atom stereocenters. The molecular weight excluding hydrogens is 400 g/mol. The maximum absolute atomic E-state index is 13.8. The lowest BCUT2D eigenvalue weighted by Crippen LogP contribution is -2.46. The van der Waals surface area contributed by atoms with Gasteiger partial charge in [0.1, 0.15) is 0 Å². The lowest BCUT2D eigenvalue weighted by Gasteiger charge is -2.33. The van der Waals surface area contributed by atoms with Crippen LogP contribution in [0.2, 0.25) is 18.6 Å². The Labute approximate surface area is 178 Å². The normalized spacial score (nSPS) is 30.8. The molecule has 1 aromatic carbocycles. The van der Waals surface area contributed by atoms with E-state index in [0.29, 0.717) is 25.9 Å². The number of carbonyl (C=O) groups excluding carboxylic acids is 2. The molecule has 0 bridgehead atoms. The standard InChI is InChI=1S/C22H30N2O5Si/c1-5-10-24-17-7-6-15(23-11-8-19(23)26)13-16(17)22(21(24)27)14(2)20(30(3,4)28)18(29-22)9-12-25/h5-7,13-14,18,20,25,28H,1,8-12H2,2-4H3/t14-,18+,20-,22+/m0/s1. The average molecular weight is 431 g/mol. The first-order valence-corrected chi connectivity index (χ1v) is 13.6. The van der Waals surface area contributed by atoms with Crippen molar-refractivity contribution in [2.75, 3.05) is 29.5 Å². The van der Waals surface area contributed by atoms with Crippen LogP contribution in [0.4, 0.5) is 11.4 Å². The number of amides is 2. The first kappa shape index (κ1) is 21.2. The van der Waals surface area contributed by atoms with Gasteiger partial charge in [0.2, 0.25) is 5.91 Å². The third-order valence-electron chi connectivity index (χ3n) is 6.85. The minimum absolute atomic E-state index is 0.0663. The molecule has 2 fully saturated rings. The quantitative estimate of drug-likeness (QED) is 0.410. The number of benzene rings is 1. The minimum atomic E-state index is -2.71. The second-order valence-corrected chi connectivity index (χ2v) is 13.0. The number of hydrogen-bond donors (Lipinski definition) is 2. The van der Waals surface area contributed by atoms with Crippen LogP contribution < -0.4 is 9.80 Å². The molecule has 3 aliphatic rings. The molecule has 0 saturated carbocycles. The summed E-state index contributed by atoms with van der Waals surface area (Å²) < 4.78 is 6.52. The highest BCUT2D eigenvalue weighted by Crippen LogP contribution is 2.60. The van der Waals surface area contributed by atoms with E-state index in [1.165, 1.54) is 0 Å². The summed E-state index contributed by atoms with van der Waals surface area (Å²) in [5.74, 6) is -0.374. The van der Waals surface area contributed by atoms with Crippen LogP contribution in [0.5, 0.6) is 0 Å². The molecule has 4 rings (SSSR count).